The number of hydrogen-bond donors (Lipinski definition) is 2. The van der Waals surface area contributed by atoms with E-state index in [1.165, 1.54) is 11.3 Å². The zero-order chi connectivity index (χ0) is 22.4. The predicted molar refractivity (Wildman–Crippen MR) is 127 cm³/mol. The summed E-state index contributed by atoms with van der Waals surface area (Å²) in [5.41, 5.74) is 2.11. The maximum atomic E-state index is 12.4. The number of rotatable bonds is 7. The molecule has 1 heterocycles. The van der Waals surface area contributed by atoms with Crippen molar-refractivity contribution in [3.8, 4) is 28.5 Å². The zero-order valence-electron chi connectivity index (χ0n) is 17.6. The monoisotopic (exact) mass is 457 g/mol. The number of hydrogen-bond acceptors (Lipinski definition) is 7. The van der Waals surface area contributed by atoms with Crippen molar-refractivity contribution in [3.63, 3.8) is 0 Å². The Balaban J connectivity index is 1.61. The Kier molecular flexibility index (Phi) is 7.43. The summed E-state index contributed by atoms with van der Waals surface area (Å²) in [5.74, 6) is 1.66. The van der Waals surface area contributed by atoms with Gasteiger partial charge in [-0.1, -0.05) is 0 Å². The number of amides is 1. The predicted octanol–water partition coefficient (Wildman–Crippen LogP) is 4.74. The van der Waals surface area contributed by atoms with Crippen LogP contribution in [0.25, 0.3) is 11.3 Å². The first-order valence-electron chi connectivity index (χ1n) is 9.46. The summed E-state index contributed by atoms with van der Waals surface area (Å²) in [6.07, 6.45) is 0.0682. The van der Waals surface area contributed by atoms with Crippen molar-refractivity contribution in [1.82, 2.24) is 10.3 Å². The molecule has 1 amide bonds. The van der Waals surface area contributed by atoms with Crippen molar-refractivity contribution in [2.24, 2.45) is 0 Å². The Morgan fingerprint density at radius 3 is 2.42 bits per heavy atom. The van der Waals surface area contributed by atoms with Gasteiger partial charge in [0.15, 0.2) is 21.7 Å². The van der Waals surface area contributed by atoms with Gasteiger partial charge in [0, 0.05) is 16.5 Å². The fourth-order valence-corrected chi connectivity index (χ4v) is 3.70. The highest BCUT2D eigenvalue weighted by molar-refractivity contribution is 7.80. The van der Waals surface area contributed by atoms with Crippen LogP contribution in [0.4, 0.5) is 5.13 Å². The first-order chi connectivity index (χ1) is 14.9. The van der Waals surface area contributed by atoms with Crippen LogP contribution in [0, 0.1) is 0 Å². The number of aromatic nitrogens is 1. The Bertz CT molecular complexity index is 1060. The topological polar surface area (TPSA) is 81.7 Å². The molecular weight excluding hydrogens is 434 g/mol. The van der Waals surface area contributed by atoms with Crippen LogP contribution in [0.15, 0.2) is 47.8 Å². The molecule has 0 bridgehead atoms. The molecule has 7 nitrogen and oxygen atoms in total. The van der Waals surface area contributed by atoms with Crippen molar-refractivity contribution in [1.29, 1.82) is 0 Å². The van der Waals surface area contributed by atoms with E-state index >= 15 is 0 Å². The minimum Gasteiger partial charge on any atom is -0.493 e. The van der Waals surface area contributed by atoms with E-state index in [0.29, 0.717) is 27.9 Å². The van der Waals surface area contributed by atoms with Gasteiger partial charge in [-0.05, 0) is 68.5 Å². The van der Waals surface area contributed by atoms with Crippen LogP contribution in [0.2, 0.25) is 0 Å². The second kappa shape index (κ2) is 10.2. The highest BCUT2D eigenvalue weighted by atomic mass is 32.1. The van der Waals surface area contributed by atoms with Gasteiger partial charge in [0.1, 0.15) is 5.75 Å². The molecule has 0 aliphatic heterocycles. The molecule has 1 aromatic heterocycles. The maximum Gasteiger partial charge on any atom is 0.257 e. The van der Waals surface area contributed by atoms with E-state index < -0.39 is 0 Å². The number of carbonyl (C=O) groups is 1. The molecule has 0 atom stereocenters. The second-order valence-corrected chi connectivity index (χ2v) is 7.97. The molecule has 0 radical (unpaired) electrons. The molecular formula is C22H23N3O4S2. The van der Waals surface area contributed by atoms with Gasteiger partial charge in [0.2, 0.25) is 0 Å². The third-order valence-electron chi connectivity index (χ3n) is 4.12. The normalized spacial score (nSPS) is 10.5. The zero-order valence-corrected chi connectivity index (χ0v) is 19.2. The molecule has 0 fully saturated rings. The van der Waals surface area contributed by atoms with Crippen LogP contribution in [0.5, 0.6) is 17.2 Å². The summed E-state index contributed by atoms with van der Waals surface area (Å²) in [6, 6.07) is 12.5. The molecule has 0 saturated carbocycles. The highest BCUT2D eigenvalue weighted by Gasteiger charge is 2.12. The van der Waals surface area contributed by atoms with E-state index in [4.69, 9.17) is 26.4 Å². The van der Waals surface area contributed by atoms with Gasteiger partial charge in [-0.25, -0.2) is 4.98 Å². The third kappa shape index (κ3) is 5.93. The third-order valence-corrected chi connectivity index (χ3v) is 5.08. The van der Waals surface area contributed by atoms with Crippen molar-refractivity contribution >= 4 is 39.7 Å². The van der Waals surface area contributed by atoms with Crippen LogP contribution in [0.3, 0.4) is 0 Å². The van der Waals surface area contributed by atoms with E-state index in [2.05, 4.69) is 15.6 Å². The molecule has 9 heteroatoms. The number of methoxy groups -OCH3 is 2. The summed E-state index contributed by atoms with van der Waals surface area (Å²) >= 11 is 6.63. The van der Waals surface area contributed by atoms with Crippen LogP contribution in [-0.4, -0.2) is 36.3 Å². The Morgan fingerprint density at radius 2 is 1.77 bits per heavy atom. The van der Waals surface area contributed by atoms with Crippen molar-refractivity contribution < 1.29 is 19.0 Å². The van der Waals surface area contributed by atoms with E-state index in [1.807, 2.05) is 37.4 Å². The maximum absolute atomic E-state index is 12.4. The fourth-order valence-electron chi connectivity index (χ4n) is 2.72. The number of thiazole rings is 1. The molecule has 2 N–H and O–H groups in total. The lowest BCUT2D eigenvalue weighted by atomic mass is 10.1. The lowest BCUT2D eigenvalue weighted by Crippen LogP contribution is -2.34. The van der Waals surface area contributed by atoms with Crippen LogP contribution < -0.4 is 24.8 Å². The Labute approximate surface area is 190 Å². The Morgan fingerprint density at radius 1 is 1.06 bits per heavy atom. The molecule has 2 aromatic carbocycles. The summed E-state index contributed by atoms with van der Waals surface area (Å²) < 4.78 is 16.2. The van der Waals surface area contributed by atoms with Gasteiger partial charge >= 0.3 is 0 Å². The van der Waals surface area contributed by atoms with Gasteiger partial charge in [-0.15, -0.1) is 11.3 Å². The van der Waals surface area contributed by atoms with Gasteiger partial charge in [-0.3, -0.25) is 10.1 Å². The minimum absolute atomic E-state index is 0.0682. The molecule has 0 unspecified atom stereocenters. The SMILES string of the molecule is COc1ccc(-c2csc(NC(=S)NC(=O)c3ccc(OC(C)C)cc3)n2)cc1OC. The smallest absolute Gasteiger partial charge is 0.257 e. The number of benzene rings is 2. The first-order valence-corrected chi connectivity index (χ1v) is 10.8. The molecule has 0 aliphatic rings. The highest BCUT2D eigenvalue weighted by Crippen LogP contribution is 2.33. The average Bonchev–Trinajstić information content (AvgIpc) is 3.21. The first kappa shape index (κ1) is 22.5. The van der Waals surface area contributed by atoms with Gasteiger partial charge in [0.05, 0.1) is 26.0 Å². The van der Waals surface area contributed by atoms with E-state index in [0.717, 1.165) is 11.3 Å². The number of carbonyl (C=O) groups excluding carboxylic acids is 1. The van der Waals surface area contributed by atoms with Crippen molar-refractivity contribution in [3.05, 3.63) is 53.4 Å². The number of ether oxygens (including phenoxy) is 3. The Hall–Kier alpha value is -3.17. The number of nitrogens with zero attached hydrogens (tertiary/aromatic N) is 1. The van der Waals surface area contributed by atoms with Crippen molar-refractivity contribution in [2.75, 3.05) is 19.5 Å². The molecule has 0 aliphatic carbocycles. The number of nitrogens with one attached hydrogen (secondary N) is 2. The lowest BCUT2D eigenvalue weighted by Gasteiger charge is -2.10. The summed E-state index contributed by atoms with van der Waals surface area (Å²) in [7, 11) is 3.17. The van der Waals surface area contributed by atoms with Crippen LogP contribution >= 0.6 is 23.6 Å². The summed E-state index contributed by atoms with van der Waals surface area (Å²) in [5, 5.41) is 8.23. The van der Waals surface area contributed by atoms with E-state index in [1.54, 1.807) is 38.5 Å². The molecule has 31 heavy (non-hydrogen) atoms. The van der Waals surface area contributed by atoms with Gasteiger partial charge < -0.3 is 19.5 Å². The quantitative estimate of drug-likeness (QED) is 0.496. The largest absolute Gasteiger partial charge is 0.493 e. The fraction of sp³-hybridized carbons (Fsp3) is 0.227. The van der Waals surface area contributed by atoms with Gasteiger partial charge in [-0.2, -0.15) is 0 Å². The standard InChI is InChI=1S/C22H23N3O4S2/c1-13(2)29-16-8-5-14(6-9-16)20(26)24-21(30)25-22-23-17(12-31-22)15-7-10-18(27-3)19(11-15)28-4/h5-13H,1-4H3,(H2,23,24,25,26,30). The van der Waals surface area contributed by atoms with E-state index in [-0.39, 0.29) is 17.1 Å². The van der Waals surface area contributed by atoms with Gasteiger partial charge in [0.25, 0.3) is 5.91 Å². The average molecular weight is 458 g/mol. The van der Waals surface area contributed by atoms with E-state index in [9.17, 15) is 4.79 Å². The molecule has 3 rings (SSSR count). The molecule has 3 aromatic rings. The molecule has 0 saturated heterocycles. The second-order valence-electron chi connectivity index (χ2n) is 6.71. The number of anilines is 1. The summed E-state index contributed by atoms with van der Waals surface area (Å²) in [4.78, 5) is 16.9. The molecule has 0 spiro atoms. The van der Waals surface area contributed by atoms with Crippen molar-refractivity contribution in [2.45, 2.75) is 20.0 Å². The summed E-state index contributed by atoms with van der Waals surface area (Å²) in [6.45, 7) is 3.89. The van der Waals surface area contributed by atoms with Crippen LogP contribution in [0.1, 0.15) is 24.2 Å². The van der Waals surface area contributed by atoms with Crippen LogP contribution in [-0.2, 0) is 0 Å². The lowest BCUT2D eigenvalue weighted by molar-refractivity contribution is 0.0977. The number of thiocarbonyl (C=S) groups is 1. The molecule has 162 valence electrons. The minimum atomic E-state index is -0.315.